The number of hydrogen-bond donors (Lipinski definition) is 1. The summed E-state index contributed by atoms with van der Waals surface area (Å²) in [6, 6.07) is 0. The highest BCUT2D eigenvalue weighted by Crippen LogP contribution is 2.33. The smallest absolute Gasteiger partial charge is 0.211 e. The predicted octanol–water partition coefficient (Wildman–Crippen LogP) is 1.66. The van der Waals surface area contributed by atoms with Crippen molar-refractivity contribution in [2.75, 3.05) is 32.3 Å². The third-order valence-corrected chi connectivity index (χ3v) is 5.99. The normalized spacial score (nSPS) is 21.4. The number of halogens is 1. The molecule has 18 heavy (non-hydrogen) atoms. The summed E-state index contributed by atoms with van der Waals surface area (Å²) in [6.07, 6.45) is 4.48. The summed E-state index contributed by atoms with van der Waals surface area (Å²) in [6.45, 7) is 2.36. The maximum absolute atomic E-state index is 11.9. The van der Waals surface area contributed by atoms with E-state index in [0.29, 0.717) is 12.4 Å². The standard InChI is InChI=1S/C12H25ClN2O2S/c1-11(8-13)9-18(16,17)14-10-12(15(2)3)6-4-5-7-12/h11,14H,4-10H2,1-3H3. The van der Waals surface area contributed by atoms with E-state index >= 15 is 0 Å². The minimum Gasteiger partial charge on any atom is -0.302 e. The van der Waals surface area contributed by atoms with Gasteiger partial charge in [-0.1, -0.05) is 19.8 Å². The minimum absolute atomic E-state index is 0.00271. The van der Waals surface area contributed by atoms with Gasteiger partial charge in [-0.15, -0.1) is 11.6 Å². The summed E-state index contributed by atoms with van der Waals surface area (Å²) in [5, 5.41) is 0. The van der Waals surface area contributed by atoms with Crippen molar-refractivity contribution in [1.29, 1.82) is 0 Å². The molecule has 1 fully saturated rings. The Bertz CT molecular complexity index is 351. The van der Waals surface area contributed by atoms with Crippen LogP contribution in [-0.4, -0.2) is 51.1 Å². The number of alkyl halides is 1. The number of likely N-dealkylation sites (N-methyl/N-ethyl adjacent to an activating group) is 1. The Morgan fingerprint density at radius 1 is 1.33 bits per heavy atom. The van der Waals surface area contributed by atoms with E-state index in [0.717, 1.165) is 12.8 Å². The molecular weight excluding hydrogens is 272 g/mol. The fourth-order valence-corrected chi connectivity index (χ4v) is 4.25. The van der Waals surface area contributed by atoms with Crippen LogP contribution in [-0.2, 0) is 10.0 Å². The molecule has 1 N–H and O–H groups in total. The van der Waals surface area contributed by atoms with E-state index < -0.39 is 10.0 Å². The van der Waals surface area contributed by atoms with E-state index in [4.69, 9.17) is 11.6 Å². The summed E-state index contributed by atoms with van der Waals surface area (Å²) >= 11 is 5.66. The fraction of sp³-hybridized carbons (Fsp3) is 1.00. The Labute approximate surface area is 116 Å². The molecule has 0 heterocycles. The van der Waals surface area contributed by atoms with E-state index in [1.165, 1.54) is 12.8 Å². The summed E-state index contributed by atoms with van der Waals surface area (Å²) < 4.78 is 26.6. The van der Waals surface area contributed by atoms with Crippen LogP contribution < -0.4 is 4.72 Å². The molecule has 1 unspecified atom stereocenters. The van der Waals surface area contributed by atoms with Gasteiger partial charge in [0.05, 0.1) is 5.75 Å². The maximum Gasteiger partial charge on any atom is 0.211 e. The first-order valence-corrected chi connectivity index (χ1v) is 8.71. The maximum atomic E-state index is 11.9. The van der Waals surface area contributed by atoms with E-state index in [1.54, 1.807) is 0 Å². The quantitative estimate of drug-likeness (QED) is 0.727. The summed E-state index contributed by atoms with van der Waals surface area (Å²) in [5.74, 6) is 0.475. The van der Waals surface area contributed by atoms with Crippen molar-refractivity contribution in [3.8, 4) is 0 Å². The minimum atomic E-state index is -3.21. The Morgan fingerprint density at radius 3 is 2.33 bits per heavy atom. The van der Waals surface area contributed by atoms with Gasteiger partial charge >= 0.3 is 0 Å². The largest absolute Gasteiger partial charge is 0.302 e. The molecule has 4 nitrogen and oxygen atoms in total. The molecule has 1 rings (SSSR count). The third-order valence-electron chi connectivity index (χ3n) is 3.87. The zero-order valence-corrected chi connectivity index (χ0v) is 13.1. The SMILES string of the molecule is CC(CCl)CS(=O)(=O)NCC1(N(C)C)CCCC1. The average molecular weight is 297 g/mol. The van der Waals surface area contributed by atoms with Gasteiger partial charge in [0.25, 0.3) is 0 Å². The molecule has 1 aliphatic rings. The molecule has 1 atom stereocenters. The lowest BCUT2D eigenvalue weighted by Crippen LogP contribution is -2.51. The Morgan fingerprint density at radius 2 is 1.89 bits per heavy atom. The molecule has 0 aromatic carbocycles. The van der Waals surface area contributed by atoms with Gasteiger partial charge in [-0.3, -0.25) is 0 Å². The van der Waals surface area contributed by atoms with Crippen LogP contribution in [0.25, 0.3) is 0 Å². The van der Waals surface area contributed by atoms with Crippen LogP contribution in [0.5, 0.6) is 0 Å². The molecule has 0 aromatic rings. The lowest BCUT2D eigenvalue weighted by Gasteiger charge is -2.36. The van der Waals surface area contributed by atoms with Crippen LogP contribution in [0.2, 0.25) is 0 Å². The van der Waals surface area contributed by atoms with Crippen LogP contribution in [0.4, 0.5) is 0 Å². The zero-order valence-electron chi connectivity index (χ0n) is 11.6. The lowest BCUT2D eigenvalue weighted by atomic mass is 9.97. The molecule has 1 aliphatic carbocycles. The highest BCUT2D eigenvalue weighted by molar-refractivity contribution is 7.89. The highest BCUT2D eigenvalue weighted by Gasteiger charge is 2.36. The molecule has 0 aliphatic heterocycles. The Balaban J connectivity index is 2.57. The highest BCUT2D eigenvalue weighted by atomic mass is 35.5. The first kappa shape index (κ1) is 16.2. The van der Waals surface area contributed by atoms with E-state index in [2.05, 4.69) is 9.62 Å². The van der Waals surface area contributed by atoms with Gasteiger partial charge in [0.1, 0.15) is 0 Å². The first-order valence-electron chi connectivity index (χ1n) is 6.52. The van der Waals surface area contributed by atoms with Gasteiger partial charge < -0.3 is 4.90 Å². The second-order valence-corrected chi connectivity index (χ2v) is 7.85. The van der Waals surface area contributed by atoms with Gasteiger partial charge in [-0.25, -0.2) is 13.1 Å². The molecule has 0 amide bonds. The number of nitrogens with one attached hydrogen (secondary N) is 1. The molecule has 0 aromatic heterocycles. The monoisotopic (exact) mass is 296 g/mol. The zero-order chi connectivity index (χ0) is 13.8. The van der Waals surface area contributed by atoms with Crippen LogP contribution in [0.15, 0.2) is 0 Å². The van der Waals surface area contributed by atoms with E-state index in [-0.39, 0.29) is 17.2 Å². The second-order valence-electron chi connectivity index (χ2n) is 5.69. The Hall–Kier alpha value is 0.160. The van der Waals surface area contributed by atoms with Crippen molar-refractivity contribution in [2.24, 2.45) is 5.92 Å². The molecule has 1 saturated carbocycles. The third kappa shape index (κ3) is 4.37. The molecule has 108 valence electrons. The van der Waals surface area contributed by atoms with Crippen molar-refractivity contribution in [3.05, 3.63) is 0 Å². The summed E-state index contributed by atoms with van der Waals surface area (Å²) in [7, 11) is 0.844. The Kier molecular flexibility index (Phi) is 5.90. The van der Waals surface area contributed by atoms with Crippen molar-refractivity contribution in [1.82, 2.24) is 9.62 Å². The van der Waals surface area contributed by atoms with Crippen LogP contribution in [0.3, 0.4) is 0 Å². The average Bonchev–Trinajstić information content (AvgIpc) is 2.76. The van der Waals surface area contributed by atoms with Gasteiger partial charge in [-0.2, -0.15) is 0 Å². The fourth-order valence-electron chi connectivity index (χ4n) is 2.54. The van der Waals surface area contributed by atoms with Crippen molar-refractivity contribution >= 4 is 21.6 Å². The predicted molar refractivity (Wildman–Crippen MR) is 76.6 cm³/mol. The lowest BCUT2D eigenvalue weighted by molar-refractivity contribution is 0.162. The number of sulfonamides is 1. The molecule has 0 spiro atoms. The van der Waals surface area contributed by atoms with E-state index in [1.807, 2.05) is 21.0 Å². The van der Waals surface area contributed by atoms with Crippen LogP contribution in [0, 0.1) is 5.92 Å². The molecule has 6 heteroatoms. The van der Waals surface area contributed by atoms with Crippen LogP contribution in [0.1, 0.15) is 32.6 Å². The molecule has 0 saturated heterocycles. The van der Waals surface area contributed by atoms with Crippen LogP contribution >= 0.6 is 11.6 Å². The topological polar surface area (TPSA) is 49.4 Å². The molecule has 0 radical (unpaired) electrons. The molecule has 0 bridgehead atoms. The first-order chi connectivity index (χ1) is 8.31. The van der Waals surface area contributed by atoms with Crippen molar-refractivity contribution < 1.29 is 8.42 Å². The van der Waals surface area contributed by atoms with Gasteiger partial charge in [-0.05, 0) is 32.9 Å². The molecular formula is C12H25ClN2O2S. The van der Waals surface area contributed by atoms with Crippen molar-refractivity contribution in [2.45, 2.75) is 38.1 Å². The van der Waals surface area contributed by atoms with E-state index in [9.17, 15) is 8.42 Å². The van der Waals surface area contributed by atoms with Gasteiger partial charge in [0.15, 0.2) is 0 Å². The number of rotatable bonds is 7. The number of nitrogens with zero attached hydrogens (tertiary/aromatic N) is 1. The van der Waals surface area contributed by atoms with Crippen molar-refractivity contribution in [3.63, 3.8) is 0 Å². The second kappa shape index (κ2) is 6.55. The summed E-state index contributed by atoms with van der Waals surface area (Å²) in [5.41, 5.74) is -0.00271. The van der Waals surface area contributed by atoms with Gasteiger partial charge in [0, 0.05) is 18.0 Å². The summed E-state index contributed by atoms with van der Waals surface area (Å²) in [4.78, 5) is 2.16. The van der Waals surface area contributed by atoms with Gasteiger partial charge in [0.2, 0.25) is 10.0 Å². The number of hydrogen-bond acceptors (Lipinski definition) is 3.